The molecular weight excluding hydrogens is 467 g/mol. The van der Waals surface area contributed by atoms with Crippen LogP contribution in [0.2, 0.25) is 0 Å². The number of thiophene rings is 1. The van der Waals surface area contributed by atoms with Crippen molar-refractivity contribution in [3.8, 4) is 0 Å². The number of anilines is 1. The van der Waals surface area contributed by atoms with Gasteiger partial charge in [-0.1, -0.05) is 29.5 Å². The Bertz CT molecular complexity index is 1440. The number of amides is 1. The zero-order chi connectivity index (χ0) is 23.7. The topological polar surface area (TPSA) is 103 Å². The molecule has 0 aliphatic heterocycles. The van der Waals surface area contributed by atoms with E-state index in [1.54, 1.807) is 39.0 Å². The molecular formula is C22H19FN4O4S2. The van der Waals surface area contributed by atoms with Gasteiger partial charge in [-0.3, -0.25) is 19.5 Å². The molecule has 0 bridgehead atoms. The summed E-state index contributed by atoms with van der Waals surface area (Å²) < 4.78 is 20.3. The van der Waals surface area contributed by atoms with E-state index in [0.29, 0.717) is 36.8 Å². The third kappa shape index (κ3) is 4.41. The van der Waals surface area contributed by atoms with Crippen LogP contribution in [0.25, 0.3) is 10.2 Å². The molecule has 8 nitrogen and oxygen atoms in total. The molecule has 4 aromatic rings. The number of ether oxygens (including phenoxy) is 1. The van der Waals surface area contributed by atoms with Gasteiger partial charge in [-0.25, -0.2) is 19.2 Å². The lowest BCUT2D eigenvalue weighted by molar-refractivity contribution is 0.0531. The van der Waals surface area contributed by atoms with E-state index in [2.05, 4.69) is 15.3 Å². The van der Waals surface area contributed by atoms with Gasteiger partial charge in [0.1, 0.15) is 15.5 Å². The predicted molar refractivity (Wildman–Crippen MR) is 125 cm³/mol. The van der Waals surface area contributed by atoms with Gasteiger partial charge < -0.3 is 4.74 Å². The van der Waals surface area contributed by atoms with Crippen molar-refractivity contribution >= 4 is 49.9 Å². The van der Waals surface area contributed by atoms with Gasteiger partial charge in [-0.05, 0) is 32.4 Å². The minimum atomic E-state index is -0.495. The summed E-state index contributed by atoms with van der Waals surface area (Å²) >= 11 is 2.11. The normalized spacial score (nSPS) is 11.0. The largest absolute Gasteiger partial charge is 0.462 e. The molecule has 11 heteroatoms. The number of hydrogen-bond acceptors (Lipinski definition) is 8. The first-order valence-corrected chi connectivity index (χ1v) is 11.6. The van der Waals surface area contributed by atoms with E-state index < -0.39 is 17.7 Å². The number of carbonyl (C=O) groups excluding carboxylic acids is 2. The van der Waals surface area contributed by atoms with Crippen LogP contribution in [-0.2, 0) is 11.3 Å². The van der Waals surface area contributed by atoms with Crippen molar-refractivity contribution in [3.05, 3.63) is 73.3 Å². The van der Waals surface area contributed by atoms with E-state index >= 15 is 0 Å². The quantitative estimate of drug-likeness (QED) is 0.411. The lowest BCUT2D eigenvalue weighted by Gasteiger charge is -2.06. The van der Waals surface area contributed by atoms with Gasteiger partial charge in [0.25, 0.3) is 11.5 Å². The highest BCUT2D eigenvalue weighted by Crippen LogP contribution is 2.29. The maximum Gasteiger partial charge on any atom is 0.350 e. The number of nitrogens with zero attached hydrogens (tertiary/aromatic N) is 3. The van der Waals surface area contributed by atoms with Crippen molar-refractivity contribution < 1.29 is 18.7 Å². The number of aromatic nitrogens is 3. The number of hydrogen-bond donors (Lipinski definition) is 1. The van der Waals surface area contributed by atoms with E-state index in [0.717, 1.165) is 22.7 Å². The Hall–Kier alpha value is -3.44. The summed E-state index contributed by atoms with van der Waals surface area (Å²) in [6.07, 6.45) is 1.35. The van der Waals surface area contributed by atoms with E-state index in [1.807, 2.05) is 0 Å². The highest BCUT2D eigenvalue weighted by Gasteiger charge is 2.22. The molecule has 3 heterocycles. The molecule has 170 valence electrons. The number of thiazole rings is 1. The molecule has 0 aliphatic rings. The fourth-order valence-corrected chi connectivity index (χ4v) is 5.18. The fourth-order valence-electron chi connectivity index (χ4n) is 3.29. The monoisotopic (exact) mass is 486 g/mol. The van der Waals surface area contributed by atoms with Crippen LogP contribution in [0.5, 0.6) is 0 Å². The Morgan fingerprint density at radius 1 is 1.18 bits per heavy atom. The van der Waals surface area contributed by atoms with Gasteiger partial charge in [0, 0.05) is 5.56 Å². The van der Waals surface area contributed by atoms with Crippen molar-refractivity contribution in [2.75, 3.05) is 11.9 Å². The zero-order valence-electron chi connectivity index (χ0n) is 18.0. The van der Waals surface area contributed by atoms with Gasteiger partial charge in [-0.2, -0.15) is 0 Å². The SMILES string of the molecule is CCOC(=O)c1sc(NC(=O)c2sc3ncn(Cc4ccccc4F)c(=O)c3c2C)nc1C. The lowest BCUT2D eigenvalue weighted by Crippen LogP contribution is -2.21. The lowest BCUT2D eigenvalue weighted by atomic mass is 10.2. The van der Waals surface area contributed by atoms with E-state index in [4.69, 9.17) is 4.74 Å². The number of aryl methyl sites for hydroxylation is 2. The number of carbonyl (C=O) groups is 2. The second-order valence-corrected chi connectivity index (χ2v) is 9.11. The van der Waals surface area contributed by atoms with Crippen LogP contribution in [0.15, 0.2) is 35.4 Å². The van der Waals surface area contributed by atoms with Gasteiger partial charge in [0.15, 0.2) is 5.13 Å². The minimum Gasteiger partial charge on any atom is -0.462 e. The standard InChI is InChI=1S/C22H19FN4O4S2/c1-4-31-21(30)17-12(3)25-22(33-17)26-18(28)16-11(2)15-19(32-16)24-10-27(20(15)29)9-13-7-5-6-8-14(13)23/h5-8,10H,4,9H2,1-3H3,(H,25,26,28). The summed E-state index contributed by atoms with van der Waals surface area (Å²) in [5, 5.41) is 3.25. The molecule has 0 aliphatic carbocycles. The third-order valence-corrected chi connectivity index (χ3v) is 7.15. The van der Waals surface area contributed by atoms with Crippen LogP contribution in [-0.4, -0.2) is 33.0 Å². The summed E-state index contributed by atoms with van der Waals surface area (Å²) in [7, 11) is 0. The Balaban J connectivity index is 1.63. The van der Waals surface area contributed by atoms with Crippen LogP contribution in [0.1, 0.15) is 43.1 Å². The highest BCUT2D eigenvalue weighted by molar-refractivity contribution is 7.21. The highest BCUT2D eigenvalue weighted by atomic mass is 32.1. The van der Waals surface area contributed by atoms with Crippen LogP contribution >= 0.6 is 22.7 Å². The molecule has 0 spiro atoms. The maximum absolute atomic E-state index is 14.0. The zero-order valence-corrected chi connectivity index (χ0v) is 19.6. The fraction of sp³-hybridized carbons (Fsp3) is 0.227. The second-order valence-electron chi connectivity index (χ2n) is 7.11. The summed E-state index contributed by atoms with van der Waals surface area (Å²) in [6, 6.07) is 6.21. The number of nitrogens with one attached hydrogen (secondary N) is 1. The second kappa shape index (κ2) is 9.20. The average Bonchev–Trinajstić information content (AvgIpc) is 3.31. The van der Waals surface area contributed by atoms with Gasteiger partial charge >= 0.3 is 5.97 Å². The number of rotatable bonds is 6. The number of halogens is 1. The molecule has 4 rings (SSSR count). The molecule has 1 aromatic carbocycles. The summed E-state index contributed by atoms with van der Waals surface area (Å²) in [4.78, 5) is 47.5. The van der Waals surface area contributed by atoms with Crippen molar-refractivity contribution in [2.45, 2.75) is 27.3 Å². The van der Waals surface area contributed by atoms with Gasteiger partial charge in [0.05, 0.1) is 35.4 Å². The van der Waals surface area contributed by atoms with Crippen LogP contribution < -0.4 is 10.9 Å². The molecule has 0 saturated carbocycles. The van der Waals surface area contributed by atoms with Gasteiger partial charge in [0.2, 0.25) is 0 Å². The molecule has 0 fully saturated rings. The van der Waals surface area contributed by atoms with Crippen LogP contribution in [0.3, 0.4) is 0 Å². The van der Waals surface area contributed by atoms with E-state index in [1.165, 1.54) is 17.0 Å². The number of benzene rings is 1. The maximum atomic E-state index is 14.0. The molecule has 0 unspecified atom stereocenters. The van der Waals surface area contributed by atoms with Crippen molar-refractivity contribution in [3.63, 3.8) is 0 Å². The smallest absolute Gasteiger partial charge is 0.350 e. The Labute approximate surface area is 195 Å². The van der Waals surface area contributed by atoms with Crippen LogP contribution in [0.4, 0.5) is 9.52 Å². The molecule has 0 radical (unpaired) electrons. The van der Waals surface area contributed by atoms with Crippen molar-refractivity contribution in [1.29, 1.82) is 0 Å². The minimum absolute atomic E-state index is 0.0281. The summed E-state index contributed by atoms with van der Waals surface area (Å²) in [5.41, 5.74) is 0.945. The molecule has 0 atom stereocenters. The molecule has 33 heavy (non-hydrogen) atoms. The first-order valence-electron chi connectivity index (χ1n) is 9.98. The van der Waals surface area contributed by atoms with Crippen molar-refractivity contribution in [2.24, 2.45) is 0 Å². The predicted octanol–water partition coefficient (Wildman–Crippen LogP) is 4.15. The van der Waals surface area contributed by atoms with E-state index in [-0.39, 0.29) is 23.8 Å². The molecule has 1 N–H and O–H groups in total. The molecule has 0 saturated heterocycles. The Kier molecular flexibility index (Phi) is 6.34. The van der Waals surface area contributed by atoms with Crippen LogP contribution in [0, 0.1) is 19.7 Å². The van der Waals surface area contributed by atoms with Gasteiger partial charge in [-0.15, -0.1) is 11.3 Å². The number of esters is 1. The summed E-state index contributed by atoms with van der Waals surface area (Å²) in [6.45, 7) is 5.30. The van der Waals surface area contributed by atoms with E-state index in [9.17, 15) is 18.8 Å². The Morgan fingerprint density at radius 2 is 1.94 bits per heavy atom. The van der Waals surface area contributed by atoms with Crippen molar-refractivity contribution in [1.82, 2.24) is 14.5 Å². The number of fused-ring (bicyclic) bond motifs is 1. The first-order chi connectivity index (χ1) is 15.8. The third-order valence-electron chi connectivity index (χ3n) is 4.90. The molecule has 1 amide bonds. The molecule has 3 aromatic heterocycles. The summed E-state index contributed by atoms with van der Waals surface area (Å²) in [5.74, 6) is -1.36. The first kappa shape index (κ1) is 22.7. The average molecular weight is 487 g/mol. The Morgan fingerprint density at radius 3 is 2.67 bits per heavy atom.